The van der Waals surface area contributed by atoms with Gasteiger partial charge in [0.15, 0.2) is 0 Å². The number of halogens is 2. The molecule has 0 saturated heterocycles. The third kappa shape index (κ3) is 3.43. The average Bonchev–Trinajstić information content (AvgIpc) is 3.03. The number of hydrogen-bond donors (Lipinski definition) is 1. The number of anilines is 1. The van der Waals surface area contributed by atoms with Crippen molar-refractivity contribution in [1.82, 2.24) is 10.1 Å². The fourth-order valence-electron chi connectivity index (χ4n) is 2.07. The quantitative estimate of drug-likeness (QED) is 0.760. The van der Waals surface area contributed by atoms with E-state index in [1.54, 1.807) is 13.2 Å². The molecule has 0 atom stereocenters. The molecule has 0 amide bonds. The third-order valence-corrected chi connectivity index (χ3v) is 3.49. The standard InChI is InChI=1S/C16H13ClFN3O2/c1-22-14-5-3-2-4-11(14)16-20-15(23-21-16)9-19-13-7-6-10(18)8-12(13)17/h2-8,19H,9H2,1H3. The van der Waals surface area contributed by atoms with Crippen LogP contribution in [0.15, 0.2) is 47.0 Å². The molecule has 5 nitrogen and oxygen atoms in total. The van der Waals surface area contributed by atoms with Gasteiger partial charge >= 0.3 is 0 Å². The first-order valence-corrected chi connectivity index (χ1v) is 7.20. The number of nitrogens with zero attached hydrogens (tertiary/aromatic N) is 2. The highest BCUT2D eigenvalue weighted by Crippen LogP contribution is 2.27. The van der Waals surface area contributed by atoms with Crippen molar-refractivity contribution in [2.75, 3.05) is 12.4 Å². The summed E-state index contributed by atoms with van der Waals surface area (Å²) in [5, 5.41) is 7.26. The number of rotatable bonds is 5. The number of methoxy groups -OCH3 is 1. The molecule has 0 fully saturated rings. The number of hydrogen-bond acceptors (Lipinski definition) is 5. The second-order valence-corrected chi connectivity index (χ2v) is 5.10. The van der Waals surface area contributed by atoms with Gasteiger partial charge < -0.3 is 14.6 Å². The number of aromatic nitrogens is 2. The highest BCUT2D eigenvalue weighted by molar-refractivity contribution is 6.33. The van der Waals surface area contributed by atoms with Crippen LogP contribution in [0.4, 0.5) is 10.1 Å². The Labute approximate surface area is 137 Å². The maximum absolute atomic E-state index is 13.0. The first-order chi connectivity index (χ1) is 11.2. The SMILES string of the molecule is COc1ccccc1-c1noc(CNc2ccc(F)cc2Cl)n1. The zero-order chi connectivity index (χ0) is 16.2. The maximum Gasteiger partial charge on any atom is 0.246 e. The van der Waals surface area contributed by atoms with Gasteiger partial charge in [0.1, 0.15) is 11.6 Å². The van der Waals surface area contributed by atoms with Crippen LogP contribution in [-0.4, -0.2) is 17.3 Å². The number of ether oxygens (including phenoxy) is 1. The Kier molecular flexibility index (Phi) is 4.43. The molecule has 2 aromatic carbocycles. The van der Waals surface area contributed by atoms with Crippen LogP contribution in [0.3, 0.4) is 0 Å². The van der Waals surface area contributed by atoms with Crippen LogP contribution in [0, 0.1) is 5.82 Å². The number of benzene rings is 2. The van der Waals surface area contributed by atoms with Crippen molar-refractivity contribution < 1.29 is 13.7 Å². The van der Waals surface area contributed by atoms with Crippen molar-refractivity contribution >= 4 is 17.3 Å². The van der Waals surface area contributed by atoms with Crippen LogP contribution < -0.4 is 10.1 Å². The number of para-hydroxylation sites is 1. The molecule has 3 aromatic rings. The Bertz CT molecular complexity index is 823. The smallest absolute Gasteiger partial charge is 0.246 e. The van der Waals surface area contributed by atoms with Crippen molar-refractivity contribution in [3.05, 3.63) is 59.2 Å². The number of nitrogens with one attached hydrogen (secondary N) is 1. The fourth-order valence-corrected chi connectivity index (χ4v) is 2.30. The van der Waals surface area contributed by atoms with Gasteiger partial charge in [-0.25, -0.2) is 4.39 Å². The Morgan fingerprint density at radius 1 is 1.26 bits per heavy atom. The van der Waals surface area contributed by atoms with Crippen LogP contribution >= 0.6 is 11.6 Å². The van der Waals surface area contributed by atoms with E-state index in [-0.39, 0.29) is 11.6 Å². The highest BCUT2D eigenvalue weighted by Gasteiger charge is 2.13. The summed E-state index contributed by atoms with van der Waals surface area (Å²) in [6.07, 6.45) is 0. The second kappa shape index (κ2) is 6.66. The Morgan fingerprint density at radius 2 is 2.09 bits per heavy atom. The maximum atomic E-state index is 13.0. The summed E-state index contributed by atoms with van der Waals surface area (Å²) in [4.78, 5) is 4.31. The molecule has 0 spiro atoms. The molecule has 1 N–H and O–H groups in total. The van der Waals surface area contributed by atoms with Gasteiger partial charge in [0.25, 0.3) is 0 Å². The fraction of sp³-hybridized carbons (Fsp3) is 0.125. The monoisotopic (exact) mass is 333 g/mol. The first kappa shape index (κ1) is 15.3. The minimum absolute atomic E-state index is 0.271. The van der Waals surface area contributed by atoms with Gasteiger partial charge in [-0.05, 0) is 30.3 Å². The minimum atomic E-state index is -0.392. The lowest BCUT2D eigenvalue weighted by Gasteiger charge is -2.05. The van der Waals surface area contributed by atoms with Crippen LogP contribution in [-0.2, 0) is 6.54 Å². The minimum Gasteiger partial charge on any atom is -0.496 e. The summed E-state index contributed by atoms with van der Waals surface area (Å²) in [5.41, 5.74) is 1.33. The topological polar surface area (TPSA) is 60.2 Å². The molecule has 7 heteroatoms. The van der Waals surface area contributed by atoms with Crippen LogP contribution in [0.2, 0.25) is 5.02 Å². The van der Waals surface area contributed by atoms with Gasteiger partial charge in [-0.2, -0.15) is 4.98 Å². The van der Waals surface area contributed by atoms with E-state index in [0.29, 0.717) is 23.2 Å². The molecule has 1 heterocycles. The lowest BCUT2D eigenvalue weighted by atomic mass is 10.2. The molecule has 0 unspecified atom stereocenters. The summed E-state index contributed by atoms with van der Waals surface area (Å²) in [7, 11) is 1.58. The molecule has 0 radical (unpaired) electrons. The van der Waals surface area contributed by atoms with Gasteiger partial charge in [-0.1, -0.05) is 28.9 Å². The molecule has 0 aliphatic rings. The van der Waals surface area contributed by atoms with E-state index in [0.717, 1.165) is 5.56 Å². The lowest BCUT2D eigenvalue weighted by Crippen LogP contribution is -2.00. The van der Waals surface area contributed by atoms with E-state index >= 15 is 0 Å². The van der Waals surface area contributed by atoms with E-state index in [4.69, 9.17) is 20.9 Å². The summed E-state index contributed by atoms with van der Waals surface area (Å²) in [5.74, 6) is 1.09. The van der Waals surface area contributed by atoms with Crippen LogP contribution in [0.25, 0.3) is 11.4 Å². The average molecular weight is 334 g/mol. The van der Waals surface area contributed by atoms with Gasteiger partial charge in [0, 0.05) is 0 Å². The third-order valence-electron chi connectivity index (χ3n) is 3.18. The predicted molar refractivity (Wildman–Crippen MR) is 85.0 cm³/mol. The molecule has 3 rings (SSSR count). The van der Waals surface area contributed by atoms with Crippen molar-refractivity contribution in [2.45, 2.75) is 6.54 Å². The van der Waals surface area contributed by atoms with Crippen molar-refractivity contribution in [1.29, 1.82) is 0 Å². The van der Waals surface area contributed by atoms with Gasteiger partial charge in [0.05, 0.1) is 29.9 Å². The van der Waals surface area contributed by atoms with Crippen LogP contribution in [0.1, 0.15) is 5.89 Å². The summed E-state index contributed by atoms with van der Waals surface area (Å²) in [6.45, 7) is 0.271. The lowest BCUT2D eigenvalue weighted by molar-refractivity contribution is 0.383. The Morgan fingerprint density at radius 3 is 2.87 bits per heavy atom. The molecular weight excluding hydrogens is 321 g/mol. The predicted octanol–water partition coefficient (Wildman–Crippen LogP) is 4.15. The largest absolute Gasteiger partial charge is 0.496 e. The molecule has 23 heavy (non-hydrogen) atoms. The van der Waals surface area contributed by atoms with Gasteiger partial charge in [-0.3, -0.25) is 0 Å². The molecule has 118 valence electrons. The Balaban J connectivity index is 1.75. The van der Waals surface area contributed by atoms with Gasteiger partial charge in [0.2, 0.25) is 11.7 Å². The van der Waals surface area contributed by atoms with E-state index in [2.05, 4.69) is 15.5 Å². The van der Waals surface area contributed by atoms with Gasteiger partial charge in [-0.15, -0.1) is 0 Å². The van der Waals surface area contributed by atoms with E-state index in [9.17, 15) is 4.39 Å². The summed E-state index contributed by atoms with van der Waals surface area (Å²) < 4.78 is 23.5. The van der Waals surface area contributed by atoms with E-state index in [1.165, 1.54) is 12.1 Å². The van der Waals surface area contributed by atoms with Crippen molar-refractivity contribution in [3.8, 4) is 17.1 Å². The molecule has 1 aromatic heterocycles. The normalized spacial score (nSPS) is 10.6. The van der Waals surface area contributed by atoms with Crippen LogP contribution in [0.5, 0.6) is 5.75 Å². The second-order valence-electron chi connectivity index (χ2n) is 4.69. The molecule has 0 bridgehead atoms. The molecule has 0 saturated carbocycles. The van der Waals surface area contributed by atoms with E-state index < -0.39 is 5.82 Å². The van der Waals surface area contributed by atoms with E-state index in [1.807, 2.05) is 24.3 Å². The highest BCUT2D eigenvalue weighted by atomic mass is 35.5. The zero-order valence-electron chi connectivity index (χ0n) is 12.2. The molecule has 0 aliphatic heterocycles. The summed E-state index contributed by atoms with van der Waals surface area (Å²) >= 11 is 5.95. The molecule has 0 aliphatic carbocycles. The summed E-state index contributed by atoms with van der Waals surface area (Å²) in [6, 6.07) is 11.5. The van der Waals surface area contributed by atoms with Crippen molar-refractivity contribution in [2.24, 2.45) is 0 Å². The van der Waals surface area contributed by atoms with Crippen molar-refractivity contribution in [3.63, 3.8) is 0 Å². The zero-order valence-corrected chi connectivity index (χ0v) is 13.0. The molecular formula is C16H13ClFN3O2. The first-order valence-electron chi connectivity index (χ1n) is 6.82. The Hall–Kier alpha value is -2.60.